The van der Waals surface area contributed by atoms with Crippen LogP contribution in [0.4, 0.5) is 0 Å². The molecule has 0 bridgehead atoms. The van der Waals surface area contributed by atoms with E-state index in [2.05, 4.69) is 37.3 Å². The summed E-state index contributed by atoms with van der Waals surface area (Å²) in [5, 5.41) is 13.2. The van der Waals surface area contributed by atoms with Gasteiger partial charge in [-0.3, -0.25) is 23.9 Å². The highest BCUT2D eigenvalue weighted by Gasteiger charge is 2.26. The molecule has 1 aliphatic carbocycles. The molecule has 2 fully saturated rings. The van der Waals surface area contributed by atoms with E-state index in [-0.39, 0.29) is 18.4 Å². The second-order valence-electron chi connectivity index (χ2n) is 11.2. The molecule has 1 saturated carbocycles. The molecular weight excluding hydrogens is 506 g/mol. The van der Waals surface area contributed by atoms with E-state index in [1.54, 1.807) is 0 Å². The van der Waals surface area contributed by atoms with Gasteiger partial charge in [-0.05, 0) is 50.5 Å². The SMILES string of the molecule is CC1=CC(C)=NC(=O)C1CNC(=O)c1cc(-c2cnn(CCN3CCOCC3)c2)cc2c1cnn2C1CCCC1. The fourth-order valence-electron chi connectivity index (χ4n) is 6.09. The largest absolute Gasteiger partial charge is 0.379 e. The van der Waals surface area contributed by atoms with Crippen molar-refractivity contribution in [3.63, 3.8) is 0 Å². The summed E-state index contributed by atoms with van der Waals surface area (Å²) in [7, 11) is 0. The minimum absolute atomic E-state index is 0.207. The van der Waals surface area contributed by atoms with Crippen LogP contribution >= 0.6 is 0 Å². The monoisotopic (exact) mass is 543 g/mol. The molecule has 1 N–H and O–H groups in total. The van der Waals surface area contributed by atoms with E-state index in [1.165, 1.54) is 12.8 Å². The average Bonchev–Trinajstić information content (AvgIpc) is 3.72. The van der Waals surface area contributed by atoms with Crippen LogP contribution in [-0.2, 0) is 16.1 Å². The molecule has 4 heterocycles. The van der Waals surface area contributed by atoms with Crippen LogP contribution in [0.15, 0.2) is 47.4 Å². The van der Waals surface area contributed by atoms with E-state index in [0.717, 1.165) is 79.8 Å². The molecule has 0 radical (unpaired) electrons. The lowest BCUT2D eigenvalue weighted by Crippen LogP contribution is -2.38. The maximum Gasteiger partial charge on any atom is 0.254 e. The van der Waals surface area contributed by atoms with Gasteiger partial charge in [0.15, 0.2) is 0 Å². The van der Waals surface area contributed by atoms with Crippen molar-refractivity contribution in [3.8, 4) is 11.1 Å². The van der Waals surface area contributed by atoms with Gasteiger partial charge in [-0.25, -0.2) is 4.99 Å². The van der Waals surface area contributed by atoms with E-state index < -0.39 is 5.92 Å². The van der Waals surface area contributed by atoms with Gasteiger partial charge in [0.2, 0.25) is 0 Å². The van der Waals surface area contributed by atoms with Crippen LogP contribution in [0.3, 0.4) is 0 Å². The minimum Gasteiger partial charge on any atom is -0.379 e. The second-order valence-corrected chi connectivity index (χ2v) is 11.2. The van der Waals surface area contributed by atoms with Gasteiger partial charge in [-0.2, -0.15) is 10.2 Å². The fraction of sp³-hybridized carbons (Fsp3) is 0.500. The van der Waals surface area contributed by atoms with Crippen molar-refractivity contribution in [2.45, 2.75) is 52.1 Å². The van der Waals surface area contributed by atoms with E-state index in [0.29, 0.717) is 17.3 Å². The van der Waals surface area contributed by atoms with Gasteiger partial charge >= 0.3 is 0 Å². The zero-order valence-electron chi connectivity index (χ0n) is 23.3. The van der Waals surface area contributed by atoms with Crippen LogP contribution in [0.1, 0.15) is 55.9 Å². The first-order valence-corrected chi connectivity index (χ1v) is 14.4. The van der Waals surface area contributed by atoms with Crippen LogP contribution in [0, 0.1) is 5.92 Å². The van der Waals surface area contributed by atoms with Crippen molar-refractivity contribution in [3.05, 3.63) is 47.9 Å². The molecule has 1 aromatic carbocycles. The number of hydrogen-bond donors (Lipinski definition) is 1. The third-order valence-electron chi connectivity index (χ3n) is 8.38. The van der Waals surface area contributed by atoms with E-state index in [9.17, 15) is 9.59 Å². The summed E-state index contributed by atoms with van der Waals surface area (Å²) in [5.74, 6) is -0.878. The molecule has 3 aromatic rings. The Kier molecular flexibility index (Phi) is 7.62. The topological polar surface area (TPSA) is 107 Å². The Bertz CT molecular complexity index is 1470. The molecule has 2 amide bonds. The quantitative estimate of drug-likeness (QED) is 0.465. The van der Waals surface area contributed by atoms with Crippen LogP contribution in [0.5, 0.6) is 0 Å². The highest BCUT2D eigenvalue weighted by Crippen LogP contribution is 2.35. The van der Waals surface area contributed by atoms with Gasteiger partial charge in [-0.1, -0.05) is 18.4 Å². The first kappa shape index (κ1) is 26.6. The summed E-state index contributed by atoms with van der Waals surface area (Å²) in [4.78, 5) is 32.6. The van der Waals surface area contributed by atoms with E-state index in [1.807, 2.05) is 43.1 Å². The smallest absolute Gasteiger partial charge is 0.254 e. The molecule has 2 aromatic heterocycles. The van der Waals surface area contributed by atoms with Gasteiger partial charge in [-0.15, -0.1) is 0 Å². The highest BCUT2D eigenvalue weighted by molar-refractivity contribution is 6.09. The molecule has 10 heteroatoms. The number of aliphatic imine (C=N–C) groups is 1. The summed E-state index contributed by atoms with van der Waals surface area (Å²) in [6, 6.07) is 4.40. The number of carbonyl (C=O) groups is 2. The predicted molar refractivity (Wildman–Crippen MR) is 153 cm³/mol. The Hall–Kier alpha value is -3.63. The lowest BCUT2D eigenvalue weighted by Gasteiger charge is -2.26. The Labute approximate surface area is 234 Å². The summed E-state index contributed by atoms with van der Waals surface area (Å²) >= 11 is 0. The number of aromatic nitrogens is 4. The zero-order valence-corrected chi connectivity index (χ0v) is 23.3. The van der Waals surface area contributed by atoms with Crippen molar-refractivity contribution < 1.29 is 14.3 Å². The molecule has 1 atom stereocenters. The van der Waals surface area contributed by atoms with Gasteiger partial charge in [0, 0.05) is 49.0 Å². The van der Waals surface area contributed by atoms with Crippen molar-refractivity contribution in [1.82, 2.24) is 29.8 Å². The van der Waals surface area contributed by atoms with Gasteiger partial charge in [0.25, 0.3) is 11.8 Å². The lowest BCUT2D eigenvalue weighted by atomic mass is 9.95. The molecule has 40 heavy (non-hydrogen) atoms. The highest BCUT2D eigenvalue weighted by atomic mass is 16.5. The van der Waals surface area contributed by atoms with Gasteiger partial charge < -0.3 is 10.1 Å². The standard InChI is InChI=1S/C30H37N7O3/c1-20-13-21(2)34-30(39)26(20)17-31-29(38)25-14-22(15-28-27(25)18-33-37(28)24-5-3-4-6-24)23-16-32-36(19-23)8-7-35-9-11-40-12-10-35/h13-16,18-19,24,26H,3-12,17H2,1-2H3,(H,31,38). The number of morpholine rings is 1. The Morgan fingerprint density at radius 2 is 1.85 bits per heavy atom. The average molecular weight is 544 g/mol. The first-order chi connectivity index (χ1) is 19.5. The number of carbonyl (C=O) groups excluding carboxylic acids is 2. The van der Waals surface area contributed by atoms with Crippen LogP contribution in [0.25, 0.3) is 22.0 Å². The number of ether oxygens (including phenoxy) is 1. The van der Waals surface area contributed by atoms with E-state index >= 15 is 0 Å². The number of benzene rings is 1. The Morgan fingerprint density at radius 1 is 1.05 bits per heavy atom. The molecular formula is C30H37N7O3. The fourth-order valence-corrected chi connectivity index (χ4v) is 6.09. The predicted octanol–water partition coefficient (Wildman–Crippen LogP) is 3.64. The molecule has 6 rings (SSSR count). The molecule has 0 spiro atoms. The van der Waals surface area contributed by atoms with Crippen LogP contribution in [-0.4, -0.2) is 81.4 Å². The number of fused-ring (bicyclic) bond motifs is 1. The van der Waals surface area contributed by atoms with Crippen LogP contribution in [0.2, 0.25) is 0 Å². The maximum absolute atomic E-state index is 13.6. The number of rotatable bonds is 8. The molecule has 10 nitrogen and oxygen atoms in total. The van der Waals surface area contributed by atoms with Crippen molar-refractivity contribution >= 4 is 28.4 Å². The Morgan fingerprint density at radius 3 is 2.62 bits per heavy atom. The molecule has 1 saturated heterocycles. The number of dihydropyridines is 1. The number of amides is 2. The summed E-state index contributed by atoms with van der Waals surface area (Å²) in [6.07, 6.45) is 12.2. The summed E-state index contributed by atoms with van der Waals surface area (Å²) < 4.78 is 9.52. The number of hydrogen-bond acceptors (Lipinski definition) is 6. The third-order valence-corrected chi connectivity index (χ3v) is 8.38. The number of allylic oxidation sites excluding steroid dienone is 1. The summed E-state index contributed by atoms with van der Waals surface area (Å²) in [5.41, 5.74) is 5.02. The molecule has 3 aliphatic rings. The van der Waals surface area contributed by atoms with E-state index in [4.69, 9.17) is 9.84 Å². The third kappa shape index (κ3) is 5.51. The first-order valence-electron chi connectivity index (χ1n) is 14.4. The number of nitrogens with zero attached hydrogens (tertiary/aromatic N) is 6. The lowest BCUT2D eigenvalue weighted by molar-refractivity contribution is -0.120. The zero-order chi connectivity index (χ0) is 27.6. The number of nitrogens with one attached hydrogen (secondary N) is 1. The van der Waals surface area contributed by atoms with Crippen LogP contribution < -0.4 is 5.32 Å². The van der Waals surface area contributed by atoms with Crippen molar-refractivity contribution in [2.75, 3.05) is 39.4 Å². The van der Waals surface area contributed by atoms with Gasteiger partial charge in [0.1, 0.15) is 0 Å². The van der Waals surface area contributed by atoms with Crippen molar-refractivity contribution in [2.24, 2.45) is 10.9 Å². The maximum atomic E-state index is 13.6. The summed E-state index contributed by atoms with van der Waals surface area (Å²) in [6.45, 7) is 9.09. The molecule has 2 aliphatic heterocycles. The Balaban J connectivity index is 1.27. The normalized spacial score (nSPS) is 20.6. The van der Waals surface area contributed by atoms with Gasteiger partial charge in [0.05, 0.1) is 55.2 Å². The second kappa shape index (κ2) is 11.5. The minimum atomic E-state index is -0.447. The van der Waals surface area contributed by atoms with Crippen molar-refractivity contribution in [1.29, 1.82) is 0 Å². The molecule has 1 unspecified atom stereocenters. The molecule has 210 valence electrons.